The fraction of sp³-hybridized carbons (Fsp3) is 0.333. The van der Waals surface area contributed by atoms with Crippen molar-refractivity contribution in [2.24, 2.45) is 0 Å². The monoisotopic (exact) mass is 408 g/mol. The first-order valence-corrected chi connectivity index (χ1v) is 10.5. The number of phenolic OH excluding ortho intramolecular Hbond substituents is 1. The fourth-order valence-electron chi connectivity index (χ4n) is 3.97. The van der Waals surface area contributed by atoms with Crippen LogP contribution in [0.3, 0.4) is 0 Å². The summed E-state index contributed by atoms with van der Waals surface area (Å²) >= 11 is 0. The standard InChI is InChI=1S/C24H28N2O4/c1-4-28-20-11-7-9-17(24(20)27)23-18-10-8-12-26(18)19-14-22(30-6-3)21(29-5-2)13-16(19)15-25-23/h7-14,23,25,27H,4-6,15H2,1-3H3/t23-/m1/s1. The van der Waals surface area contributed by atoms with Crippen LogP contribution in [0.1, 0.15) is 43.6 Å². The molecule has 2 aromatic carbocycles. The maximum absolute atomic E-state index is 10.9. The zero-order valence-electron chi connectivity index (χ0n) is 17.6. The van der Waals surface area contributed by atoms with E-state index in [-0.39, 0.29) is 11.8 Å². The van der Waals surface area contributed by atoms with Gasteiger partial charge in [-0.2, -0.15) is 0 Å². The van der Waals surface area contributed by atoms with Crippen molar-refractivity contribution in [3.8, 4) is 28.7 Å². The van der Waals surface area contributed by atoms with Gasteiger partial charge in [-0.05, 0) is 50.6 Å². The topological polar surface area (TPSA) is 64.9 Å². The second-order valence-corrected chi connectivity index (χ2v) is 7.04. The number of ether oxygens (including phenoxy) is 3. The number of aromatic nitrogens is 1. The number of phenols is 1. The van der Waals surface area contributed by atoms with E-state index in [0.29, 0.717) is 32.1 Å². The lowest BCUT2D eigenvalue weighted by Gasteiger charge is -2.20. The molecule has 1 aliphatic rings. The predicted molar refractivity (Wildman–Crippen MR) is 116 cm³/mol. The van der Waals surface area contributed by atoms with Gasteiger partial charge < -0.3 is 29.2 Å². The van der Waals surface area contributed by atoms with Crippen LogP contribution in [0.4, 0.5) is 0 Å². The Morgan fingerprint density at radius 3 is 2.37 bits per heavy atom. The summed E-state index contributed by atoms with van der Waals surface area (Å²) < 4.78 is 19.4. The van der Waals surface area contributed by atoms with Crippen molar-refractivity contribution in [2.45, 2.75) is 33.4 Å². The quantitative estimate of drug-likeness (QED) is 0.599. The van der Waals surface area contributed by atoms with Gasteiger partial charge in [0.05, 0.1) is 31.5 Å². The van der Waals surface area contributed by atoms with Crippen molar-refractivity contribution >= 4 is 0 Å². The number of para-hydroxylation sites is 1. The molecule has 1 atom stereocenters. The minimum Gasteiger partial charge on any atom is -0.504 e. The molecule has 6 nitrogen and oxygen atoms in total. The van der Waals surface area contributed by atoms with Gasteiger partial charge in [-0.15, -0.1) is 0 Å². The van der Waals surface area contributed by atoms with Gasteiger partial charge in [-0.25, -0.2) is 0 Å². The summed E-state index contributed by atoms with van der Waals surface area (Å²) in [5.74, 6) is 2.14. The van der Waals surface area contributed by atoms with Crippen LogP contribution in [0.5, 0.6) is 23.0 Å². The van der Waals surface area contributed by atoms with Crippen LogP contribution >= 0.6 is 0 Å². The molecule has 0 bridgehead atoms. The lowest BCUT2D eigenvalue weighted by atomic mass is 10.0. The van der Waals surface area contributed by atoms with E-state index >= 15 is 0 Å². The zero-order valence-corrected chi connectivity index (χ0v) is 17.6. The van der Waals surface area contributed by atoms with Gasteiger partial charge in [0.15, 0.2) is 23.0 Å². The Balaban J connectivity index is 1.81. The van der Waals surface area contributed by atoms with Crippen LogP contribution in [0.15, 0.2) is 48.7 Å². The summed E-state index contributed by atoms with van der Waals surface area (Å²) in [6.45, 7) is 8.09. The number of hydrogen-bond acceptors (Lipinski definition) is 5. The van der Waals surface area contributed by atoms with E-state index in [0.717, 1.165) is 34.0 Å². The number of nitrogens with one attached hydrogen (secondary N) is 1. The minimum atomic E-state index is -0.195. The summed E-state index contributed by atoms with van der Waals surface area (Å²) in [5.41, 5.74) is 3.95. The molecule has 1 aromatic heterocycles. The summed E-state index contributed by atoms with van der Waals surface area (Å²) in [6.07, 6.45) is 2.04. The second kappa shape index (κ2) is 8.71. The van der Waals surface area contributed by atoms with E-state index in [4.69, 9.17) is 14.2 Å². The van der Waals surface area contributed by atoms with E-state index in [9.17, 15) is 5.11 Å². The molecule has 4 rings (SSSR count). The molecule has 2 N–H and O–H groups in total. The number of aromatic hydroxyl groups is 1. The molecule has 0 saturated carbocycles. The summed E-state index contributed by atoms with van der Waals surface area (Å²) in [7, 11) is 0. The van der Waals surface area contributed by atoms with Gasteiger partial charge in [-0.3, -0.25) is 0 Å². The highest BCUT2D eigenvalue weighted by atomic mass is 16.5. The third kappa shape index (κ3) is 3.59. The number of hydrogen-bond donors (Lipinski definition) is 2. The molecule has 1 aliphatic heterocycles. The average molecular weight is 408 g/mol. The molecule has 0 aliphatic carbocycles. The van der Waals surface area contributed by atoms with Crippen molar-refractivity contribution in [3.63, 3.8) is 0 Å². The van der Waals surface area contributed by atoms with Gasteiger partial charge in [-0.1, -0.05) is 12.1 Å². The van der Waals surface area contributed by atoms with Gasteiger partial charge in [0, 0.05) is 30.1 Å². The Hall–Kier alpha value is -3.12. The first-order valence-electron chi connectivity index (χ1n) is 10.5. The maximum atomic E-state index is 10.9. The SMILES string of the molecule is CCOc1cc2c(cc1OCC)-n1cccc1[C@@H](c1cccc(OCC)c1O)NC2. The van der Waals surface area contributed by atoms with Gasteiger partial charge >= 0.3 is 0 Å². The summed E-state index contributed by atoms with van der Waals surface area (Å²) in [6, 6.07) is 13.6. The van der Waals surface area contributed by atoms with Gasteiger partial charge in [0.1, 0.15) is 0 Å². The molecule has 0 unspecified atom stereocenters. The third-order valence-electron chi connectivity index (χ3n) is 5.22. The van der Waals surface area contributed by atoms with E-state index in [1.807, 2.05) is 57.3 Å². The Kier molecular flexibility index (Phi) is 5.86. The lowest BCUT2D eigenvalue weighted by molar-refractivity contribution is 0.287. The van der Waals surface area contributed by atoms with Crippen LogP contribution in [-0.2, 0) is 6.54 Å². The molecule has 158 valence electrons. The number of fused-ring (bicyclic) bond motifs is 3. The molecular weight excluding hydrogens is 380 g/mol. The van der Waals surface area contributed by atoms with Crippen LogP contribution < -0.4 is 19.5 Å². The van der Waals surface area contributed by atoms with Crippen LogP contribution in [-0.4, -0.2) is 29.5 Å². The minimum absolute atomic E-state index is 0.167. The highest BCUT2D eigenvalue weighted by Gasteiger charge is 2.27. The molecule has 0 saturated heterocycles. The highest BCUT2D eigenvalue weighted by molar-refractivity contribution is 5.57. The Morgan fingerprint density at radius 2 is 1.63 bits per heavy atom. The van der Waals surface area contributed by atoms with Crippen molar-refractivity contribution in [3.05, 3.63) is 65.5 Å². The zero-order chi connectivity index (χ0) is 21.1. The predicted octanol–water partition coefficient (Wildman–Crippen LogP) is 4.57. The normalized spacial score (nSPS) is 15.1. The molecule has 6 heteroatoms. The number of nitrogens with zero attached hydrogens (tertiary/aromatic N) is 1. The molecule has 3 aromatic rings. The lowest BCUT2D eigenvalue weighted by Crippen LogP contribution is -2.21. The second-order valence-electron chi connectivity index (χ2n) is 7.04. The van der Waals surface area contributed by atoms with Crippen molar-refractivity contribution in [1.29, 1.82) is 0 Å². The van der Waals surface area contributed by atoms with Crippen LogP contribution in [0.2, 0.25) is 0 Å². The first kappa shape index (κ1) is 20.2. The largest absolute Gasteiger partial charge is 0.504 e. The molecule has 0 fully saturated rings. The van der Waals surface area contributed by atoms with E-state index < -0.39 is 0 Å². The van der Waals surface area contributed by atoms with Crippen LogP contribution in [0, 0.1) is 0 Å². The molecule has 30 heavy (non-hydrogen) atoms. The Morgan fingerprint density at radius 1 is 0.933 bits per heavy atom. The Labute approximate surface area is 177 Å². The van der Waals surface area contributed by atoms with E-state index in [2.05, 4.69) is 16.0 Å². The molecule has 0 amide bonds. The van der Waals surface area contributed by atoms with Gasteiger partial charge in [0.25, 0.3) is 0 Å². The smallest absolute Gasteiger partial charge is 0.163 e. The van der Waals surface area contributed by atoms with E-state index in [1.165, 1.54) is 0 Å². The van der Waals surface area contributed by atoms with Crippen molar-refractivity contribution < 1.29 is 19.3 Å². The summed E-state index contributed by atoms with van der Waals surface area (Å²) in [5, 5.41) is 14.5. The maximum Gasteiger partial charge on any atom is 0.163 e. The van der Waals surface area contributed by atoms with E-state index in [1.54, 1.807) is 6.07 Å². The number of rotatable bonds is 7. The average Bonchev–Trinajstić information content (AvgIpc) is 3.17. The van der Waals surface area contributed by atoms with Crippen LogP contribution in [0.25, 0.3) is 5.69 Å². The molecule has 0 radical (unpaired) electrons. The highest BCUT2D eigenvalue weighted by Crippen LogP contribution is 2.41. The Bertz CT molecular complexity index is 1030. The molecule has 2 heterocycles. The third-order valence-corrected chi connectivity index (χ3v) is 5.22. The molecule has 0 spiro atoms. The molecular formula is C24H28N2O4. The van der Waals surface area contributed by atoms with Crippen molar-refractivity contribution in [2.75, 3.05) is 19.8 Å². The first-order chi connectivity index (χ1) is 14.7. The van der Waals surface area contributed by atoms with Gasteiger partial charge in [0.2, 0.25) is 0 Å². The fourth-order valence-corrected chi connectivity index (χ4v) is 3.97. The van der Waals surface area contributed by atoms with Crippen molar-refractivity contribution in [1.82, 2.24) is 9.88 Å². The summed E-state index contributed by atoms with van der Waals surface area (Å²) in [4.78, 5) is 0. The number of benzene rings is 2.